The monoisotopic (exact) mass is 123 g/mol. The first kappa shape index (κ1) is 6.46. The van der Waals surface area contributed by atoms with Crippen LogP contribution in [0.3, 0.4) is 0 Å². The summed E-state index contributed by atoms with van der Waals surface area (Å²) in [7, 11) is 0. The second-order valence-corrected chi connectivity index (χ2v) is 3.99. The number of halogens is 1. The molecule has 0 radical (unpaired) electrons. The third kappa shape index (κ3) is 4.46. The maximum absolute atomic E-state index is 5.53. The molecule has 0 bridgehead atoms. The van der Waals surface area contributed by atoms with Gasteiger partial charge >= 0.3 is 0 Å². The van der Waals surface area contributed by atoms with Crippen molar-refractivity contribution in [1.82, 2.24) is 0 Å². The predicted octanol–water partition coefficient (Wildman–Crippen LogP) is 2.46. The molecule has 0 aromatic carbocycles. The Balaban J connectivity index is 2.83. The predicted molar refractivity (Wildman–Crippen MR) is 35.1 cm³/mol. The van der Waals surface area contributed by atoms with Crippen molar-refractivity contribution in [2.24, 2.45) is 0 Å². The fraction of sp³-hybridized carbons (Fsp3) is 0.750. The Kier molecular flexibility index (Phi) is 3.92. The molecule has 36 valence electrons. The highest BCUT2D eigenvalue weighted by Gasteiger charge is 1.93. The zero-order valence-electron chi connectivity index (χ0n) is 3.95. The van der Waals surface area contributed by atoms with Gasteiger partial charge in [0.2, 0.25) is 6.90 Å². The van der Waals surface area contributed by atoms with Crippen molar-refractivity contribution >= 4 is 24.4 Å². The summed E-state index contributed by atoms with van der Waals surface area (Å²) in [5, 5.41) is 0. The Morgan fingerprint density at radius 2 is 2.33 bits per heavy atom. The van der Waals surface area contributed by atoms with Crippen LogP contribution in [0.15, 0.2) is 0 Å². The summed E-state index contributed by atoms with van der Waals surface area (Å²) in [5.74, 6) is 0. The van der Waals surface area contributed by atoms with Crippen LogP contribution in [-0.4, -0.2) is 12.5 Å². The smallest absolute Gasteiger partial charge is 0.0614 e. The normalized spacial score (nSPS) is 11.3. The van der Waals surface area contributed by atoms with Crippen molar-refractivity contribution < 1.29 is 0 Å². The third-order valence-corrected chi connectivity index (χ3v) is 1.91. The minimum Gasteiger partial charge on any atom is -0.0614 e. The van der Waals surface area contributed by atoms with Gasteiger partial charge < -0.3 is 0 Å². The van der Waals surface area contributed by atoms with Gasteiger partial charge in [-0.15, -0.1) is 0 Å². The van der Waals surface area contributed by atoms with E-state index in [2.05, 4.69) is 13.2 Å². The summed E-state index contributed by atoms with van der Waals surface area (Å²) < 4.78 is 0. The Morgan fingerprint density at radius 1 is 1.83 bits per heavy atom. The molecule has 0 saturated heterocycles. The van der Waals surface area contributed by atoms with Gasteiger partial charge in [-0.3, -0.25) is 0 Å². The first-order valence-electron chi connectivity index (χ1n) is 2.01. The van der Waals surface area contributed by atoms with Gasteiger partial charge in [0.15, 0.2) is 11.2 Å². The fourth-order valence-electron chi connectivity index (χ4n) is 0.243. The first-order valence-corrected chi connectivity index (χ1v) is 4.63. The molecular formula is C4H9ClP+. The molecule has 0 amide bonds. The van der Waals surface area contributed by atoms with Gasteiger partial charge in [-0.05, 0) is 6.42 Å². The van der Waals surface area contributed by atoms with Gasteiger partial charge in [0.1, 0.15) is 6.16 Å². The van der Waals surface area contributed by atoms with E-state index in [4.69, 9.17) is 11.2 Å². The van der Waals surface area contributed by atoms with E-state index in [0.29, 0.717) is 0 Å². The molecule has 0 N–H and O–H groups in total. The zero-order chi connectivity index (χ0) is 4.99. The number of rotatable bonds is 2. The largest absolute Gasteiger partial charge is 0.201 e. The lowest BCUT2D eigenvalue weighted by Crippen LogP contribution is -1.63. The molecule has 0 spiro atoms. The fourth-order valence-corrected chi connectivity index (χ4v) is 1.23. The van der Waals surface area contributed by atoms with Gasteiger partial charge in [0.25, 0.3) is 0 Å². The van der Waals surface area contributed by atoms with E-state index in [1.807, 2.05) is 0 Å². The molecule has 0 nitrogen and oxygen atoms in total. The highest BCUT2D eigenvalue weighted by molar-refractivity contribution is 7.81. The van der Waals surface area contributed by atoms with Crippen LogP contribution in [0.5, 0.6) is 0 Å². The second-order valence-electron chi connectivity index (χ2n) is 1.19. The van der Waals surface area contributed by atoms with Crippen LogP contribution in [0.4, 0.5) is 0 Å². The molecule has 0 rings (SSSR count). The molecule has 0 heterocycles. The van der Waals surface area contributed by atoms with Crippen molar-refractivity contribution in [2.75, 3.05) is 6.16 Å². The highest BCUT2D eigenvalue weighted by atomic mass is 35.7. The van der Waals surface area contributed by atoms with Crippen LogP contribution in [0, 0.1) is 0 Å². The van der Waals surface area contributed by atoms with E-state index >= 15 is 0 Å². The Bertz CT molecular complexity index is 51.5. The van der Waals surface area contributed by atoms with Gasteiger partial charge in [0.05, 0.1) is 6.30 Å². The van der Waals surface area contributed by atoms with E-state index in [1.54, 1.807) is 0 Å². The standard InChI is InChI=1S/C4H9ClP/c1-3-4-6(2)5/h2-4H2,1H3/q+1. The second kappa shape index (κ2) is 3.64. The van der Waals surface area contributed by atoms with Crippen molar-refractivity contribution in [1.29, 1.82) is 0 Å². The van der Waals surface area contributed by atoms with E-state index in [9.17, 15) is 0 Å². The Labute approximate surface area is 44.7 Å². The average Bonchev–Trinajstić information content (AvgIpc) is 1.35. The minimum absolute atomic E-state index is 0.378. The Hall–Kier alpha value is 0.460. The lowest BCUT2D eigenvalue weighted by Gasteiger charge is -1.71. The zero-order valence-corrected chi connectivity index (χ0v) is 5.60. The average molecular weight is 124 g/mol. The van der Waals surface area contributed by atoms with Crippen LogP contribution in [0.25, 0.3) is 0 Å². The maximum Gasteiger partial charge on any atom is 0.201 e. The lowest BCUT2D eigenvalue weighted by molar-refractivity contribution is 1.11. The van der Waals surface area contributed by atoms with Crippen molar-refractivity contribution in [2.45, 2.75) is 13.3 Å². The van der Waals surface area contributed by atoms with Crippen LogP contribution in [0.2, 0.25) is 0 Å². The van der Waals surface area contributed by atoms with Crippen LogP contribution < -0.4 is 0 Å². The molecule has 0 aliphatic rings. The molecular weight excluding hydrogens is 114 g/mol. The van der Waals surface area contributed by atoms with Crippen LogP contribution >= 0.6 is 18.1 Å². The van der Waals surface area contributed by atoms with Crippen molar-refractivity contribution in [3.05, 3.63) is 0 Å². The molecule has 1 unspecified atom stereocenters. The van der Waals surface area contributed by atoms with E-state index < -0.39 is 0 Å². The molecule has 0 aliphatic carbocycles. The molecule has 1 atom stereocenters. The summed E-state index contributed by atoms with van der Waals surface area (Å²) in [4.78, 5) is 0. The van der Waals surface area contributed by atoms with E-state index in [1.165, 1.54) is 6.42 Å². The SMILES string of the molecule is C=[P+](Cl)CCC. The quantitative estimate of drug-likeness (QED) is 0.495. The van der Waals surface area contributed by atoms with Crippen LogP contribution in [-0.2, 0) is 0 Å². The lowest BCUT2D eigenvalue weighted by atomic mass is 10.6. The molecule has 0 saturated carbocycles. The van der Waals surface area contributed by atoms with E-state index in [-0.39, 0.29) is 6.90 Å². The van der Waals surface area contributed by atoms with Crippen LogP contribution in [0.1, 0.15) is 13.3 Å². The van der Waals surface area contributed by atoms with Crippen molar-refractivity contribution in [3.63, 3.8) is 0 Å². The minimum atomic E-state index is -0.378. The highest BCUT2D eigenvalue weighted by Crippen LogP contribution is 2.25. The summed E-state index contributed by atoms with van der Waals surface area (Å²) in [5.41, 5.74) is 0. The molecule has 2 heteroatoms. The molecule has 0 aromatic heterocycles. The summed E-state index contributed by atoms with van der Waals surface area (Å²) in [6, 6.07) is 0. The summed E-state index contributed by atoms with van der Waals surface area (Å²) in [6.45, 7) is 1.74. The third-order valence-electron chi connectivity index (χ3n) is 0.466. The topological polar surface area (TPSA) is 0 Å². The summed E-state index contributed by atoms with van der Waals surface area (Å²) >= 11 is 5.53. The van der Waals surface area contributed by atoms with Crippen molar-refractivity contribution in [3.8, 4) is 0 Å². The molecule has 0 fully saturated rings. The number of hydrogen-bond donors (Lipinski definition) is 0. The molecule has 0 aromatic rings. The first-order chi connectivity index (χ1) is 2.77. The van der Waals surface area contributed by atoms with Gasteiger partial charge in [-0.1, -0.05) is 6.92 Å². The maximum atomic E-state index is 5.53. The van der Waals surface area contributed by atoms with Gasteiger partial charge in [0, 0.05) is 0 Å². The Morgan fingerprint density at radius 3 is 2.33 bits per heavy atom. The summed E-state index contributed by atoms with van der Waals surface area (Å²) in [6.07, 6.45) is 5.92. The molecule has 0 aliphatic heterocycles. The molecule has 6 heavy (non-hydrogen) atoms. The van der Waals surface area contributed by atoms with E-state index in [0.717, 1.165) is 6.16 Å². The van der Waals surface area contributed by atoms with Gasteiger partial charge in [-0.25, -0.2) is 0 Å². The number of hydrogen-bond acceptors (Lipinski definition) is 0. The van der Waals surface area contributed by atoms with Gasteiger partial charge in [-0.2, -0.15) is 0 Å².